The molecule has 2 rings (SSSR count). The van der Waals surface area contributed by atoms with Gasteiger partial charge in [-0.2, -0.15) is 13.2 Å². The minimum atomic E-state index is -4.68. The molecule has 2 nitrogen and oxygen atoms in total. The maximum Gasteiger partial charge on any atom is 0.416 e. The zero-order valence-electron chi connectivity index (χ0n) is 10.4. The van der Waals surface area contributed by atoms with Gasteiger partial charge in [-0.05, 0) is 29.8 Å². The summed E-state index contributed by atoms with van der Waals surface area (Å²) in [4.78, 5) is 0. The first-order valence-corrected chi connectivity index (χ1v) is 5.75. The van der Waals surface area contributed by atoms with Gasteiger partial charge in [-0.15, -0.1) is 0 Å². The maximum absolute atomic E-state index is 13.4. The average molecular weight is 304 g/mol. The van der Waals surface area contributed by atoms with Gasteiger partial charge >= 0.3 is 6.18 Å². The van der Waals surface area contributed by atoms with Gasteiger partial charge < -0.3 is 9.84 Å². The number of benzene rings is 2. The van der Waals surface area contributed by atoms with E-state index in [9.17, 15) is 22.0 Å². The van der Waals surface area contributed by atoms with Crippen LogP contribution in [0.5, 0.6) is 11.5 Å². The van der Waals surface area contributed by atoms with Crippen molar-refractivity contribution < 1.29 is 31.8 Å². The molecule has 0 atom stereocenters. The van der Waals surface area contributed by atoms with Gasteiger partial charge in [0.1, 0.15) is 11.6 Å². The van der Waals surface area contributed by atoms with E-state index < -0.39 is 35.7 Å². The number of ether oxygens (including phenoxy) is 1. The van der Waals surface area contributed by atoms with E-state index in [0.717, 1.165) is 24.3 Å². The summed E-state index contributed by atoms with van der Waals surface area (Å²) in [6, 6.07) is 5.28. The van der Waals surface area contributed by atoms with Crippen LogP contribution in [0, 0.1) is 11.6 Å². The molecule has 0 fully saturated rings. The van der Waals surface area contributed by atoms with Crippen LogP contribution in [0.1, 0.15) is 11.1 Å². The van der Waals surface area contributed by atoms with Crippen LogP contribution < -0.4 is 4.74 Å². The Morgan fingerprint density at radius 2 is 1.71 bits per heavy atom. The molecule has 21 heavy (non-hydrogen) atoms. The Hall–Kier alpha value is -2.15. The highest BCUT2D eigenvalue weighted by atomic mass is 19.4. The molecule has 7 heteroatoms. The number of rotatable bonds is 3. The molecule has 2 aromatic carbocycles. The van der Waals surface area contributed by atoms with Crippen molar-refractivity contribution in [1.29, 1.82) is 0 Å². The summed E-state index contributed by atoms with van der Waals surface area (Å²) in [6.45, 7) is -0.792. The largest absolute Gasteiger partial charge is 0.454 e. The molecule has 2 aromatic rings. The monoisotopic (exact) mass is 304 g/mol. The Bertz CT molecular complexity index is 652. The predicted octanol–water partition coefficient (Wildman–Crippen LogP) is 4.27. The van der Waals surface area contributed by atoms with E-state index in [1.807, 2.05) is 0 Å². The Labute approximate surface area is 116 Å². The number of hydrogen-bond donors (Lipinski definition) is 1. The highest BCUT2D eigenvalue weighted by molar-refractivity contribution is 5.40. The Balaban J connectivity index is 2.37. The van der Waals surface area contributed by atoms with Crippen molar-refractivity contribution in [3.05, 3.63) is 59.2 Å². The summed E-state index contributed by atoms with van der Waals surface area (Å²) < 4.78 is 69.5. The standard InChI is InChI=1S/C14H9F5O2/c15-9-2-4-13(12(16)5-9)21-10-3-1-8(7-20)11(6-10)14(17,18)19/h1-6,20H,7H2. The molecule has 0 radical (unpaired) electrons. The summed E-state index contributed by atoms with van der Waals surface area (Å²) >= 11 is 0. The number of aliphatic hydroxyl groups is 1. The molecule has 0 heterocycles. The first-order chi connectivity index (χ1) is 9.81. The normalized spacial score (nSPS) is 11.5. The average Bonchev–Trinajstić information content (AvgIpc) is 2.41. The zero-order valence-corrected chi connectivity index (χ0v) is 10.4. The summed E-state index contributed by atoms with van der Waals surface area (Å²) in [5.41, 5.74) is -1.40. The van der Waals surface area contributed by atoms with Gasteiger partial charge in [0.25, 0.3) is 0 Å². The molecule has 0 aliphatic carbocycles. The number of hydrogen-bond acceptors (Lipinski definition) is 2. The first-order valence-electron chi connectivity index (χ1n) is 5.75. The number of halogens is 5. The lowest BCUT2D eigenvalue weighted by molar-refractivity contribution is -0.138. The summed E-state index contributed by atoms with van der Waals surface area (Å²) in [7, 11) is 0. The lowest BCUT2D eigenvalue weighted by atomic mass is 10.1. The SMILES string of the molecule is OCc1ccc(Oc2ccc(F)cc2F)cc1C(F)(F)F. The molecule has 0 bridgehead atoms. The minimum absolute atomic E-state index is 0.273. The van der Waals surface area contributed by atoms with Crippen LogP contribution in [0.3, 0.4) is 0 Å². The summed E-state index contributed by atoms with van der Waals surface area (Å²) in [5, 5.41) is 8.89. The van der Waals surface area contributed by atoms with Crippen molar-refractivity contribution in [2.45, 2.75) is 12.8 Å². The quantitative estimate of drug-likeness (QED) is 0.858. The third kappa shape index (κ3) is 3.49. The second kappa shape index (κ2) is 5.69. The fraction of sp³-hybridized carbons (Fsp3) is 0.143. The Kier molecular flexibility index (Phi) is 4.13. The zero-order chi connectivity index (χ0) is 15.6. The van der Waals surface area contributed by atoms with Crippen LogP contribution in [0.25, 0.3) is 0 Å². The van der Waals surface area contributed by atoms with Crippen molar-refractivity contribution in [2.75, 3.05) is 0 Å². The molecular weight excluding hydrogens is 295 g/mol. The molecule has 0 saturated carbocycles. The molecule has 0 aliphatic rings. The van der Waals surface area contributed by atoms with Gasteiger partial charge in [0.05, 0.1) is 12.2 Å². The van der Waals surface area contributed by atoms with Gasteiger partial charge in [-0.3, -0.25) is 0 Å². The molecule has 0 aromatic heterocycles. The topological polar surface area (TPSA) is 29.5 Å². The predicted molar refractivity (Wildman–Crippen MR) is 63.8 cm³/mol. The van der Waals surface area contributed by atoms with Gasteiger partial charge in [0.2, 0.25) is 0 Å². The number of aliphatic hydroxyl groups excluding tert-OH is 1. The van der Waals surface area contributed by atoms with E-state index in [1.54, 1.807) is 0 Å². The molecule has 112 valence electrons. The van der Waals surface area contributed by atoms with Crippen molar-refractivity contribution in [1.82, 2.24) is 0 Å². The van der Waals surface area contributed by atoms with Crippen LogP contribution in [0.15, 0.2) is 36.4 Å². The van der Waals surface area contributed by atoms with Gasteiger partial charge in [-0.1, -0.05) is 6.07 Å². The maximum atomic E-state index is 13.4. The van der Waals surface area contributed by atoms with Crippen molar-refractivity contribution in [3.8, 4) is 11.5 Å². The fourth-order valence-corrected chi connectivity index (χ4v) is 1.71. The van der Waals surface area contributed by atoms with E-state index in [2.05, 4.69) is 0 Å². The third-order valence-electron chi connectivity index (χ3n) is 2.68. The lowest BCUT2D eigenvalue weighted by Crippen LogP contribution is -2.09. The highest BCUT2D eigenvalue weighted by Gasteiger charge is 2.33. The Morgan fingerprint density at radius 3 is 2.29 bits per heavy atom. The van der Waals surface area contributed by atoms with Crippen LogP contribution in [0.4, 0.5) is 22.0 Å². The highest BCUT2D eigenvalue weighted by Crippen LogP contribution is 2.36. The van der Waals surface area contributed by atoms with Gasteiger partial charge in [-0.25, -0.2) is 8.78 Å². The van der Waals surface area contributed by atoms with Gasteiger partial charge in [0, 0.05) is 6.07 Å². The number of alkyl halides is 3. The lowest BCUT2D eigenvalue weighted by Gasteiger charge is -2.14. The van der Waals surface area contributed by atoms with Crippen LogP contribution in [0.2, 0.25) is 0 Å². The fourth-order valence-electron chi connectivity index (χ4n) is 1.71. The van der Waals surface area contributed by atoms with Crippen LogP contribution >= 0.6 is 0 Å². The molecule has 0 saturated heterocycles. The van der Waals surface area contributed by atoms with E-state index in [4.69, 9.17) is 9.84 Å². The van der Waals surface area contributed by atoms with E-state index >= 15 is 0 Å². The Morgan fingerprint density at radius 1 is 1.00 bits per heavy atom. The minimum Gasteiger partial charge on any atom is -0.454 e. The van der Waals surface area contributed by atoms with E-state index in [1.165, 1.54) is 0 Å². The molecule has 0 spiro atoms. The van der Waals surface area contributed by atoms with E-state index in [0.29, 0.717) is 12.1 Å². The molecule has 0 unspecified atom stereocenters. The van der Waals surface area contributed by atoms with Crippen LogP contribution in [-0.4, -0.2) is 5.11 Å². The summed E-state index contributed by atoms with van der Waals surface area (Å²) in [6.07, 6.45) is -4.68. The van der Waals surface area contributed by atoms with Crippen molar-refractivity contribution in [3.63, 3.8) is 0 Å². The second-order valence-corrected chi connectivity index (χ2v) is 4.15. The molecular formula is C14H9F5O2. The summed E-state index contributed by atoms with van der Waals surface area (Å²) in [5.74, 6) is -2.53. The van der Waals surface area contributed by atoms with E-state index in [-0.39, 0.29) is 11.3 Å². The van der Waals surface area contributed by atoms with Crippen molar-refractivity contribution >= 4 is 0 Å². The van der Waals surface area contributed by atoms with Gasteiger partial charge in [0.15, 0.2) is 11.6 Å². The molecule has 1 N–H and O–H groups in total. The molecule has 0 aliphatic heterocycles. The van der Waals surface area contributed by atoms with Crippen LogP contribution in [-0.2, 0) is 12.8 Å². The second-order valence-electron chi connectivity index (χ2n) is 4.15. The third-order valence-corrected chi connectivity index (χ3v) is 2.68. The molecule has 0 amide bonds. The smallest absolute Gasteiger partial charge is 0.416 e. The van der Waals surface area contributed by atoms with Crippen molar-refractivity contribution in [2.24, 2.45) is 0 Å². The first kappa shape index (κ1) is 15.2.